The van der Waals surface area contributed by atoms with Gasteiger partial charge in [0.2, 0.25) is 5.91 Å². The Bertz CT molecular complexity index is 379. The van der Waals surface area contributed by atoms with Gasteiger partial charge in [0.1, 0.15) is 0 Å². The van der Waals surface area contributed by atoms with Crippen LogP contribution in [0.2, 0.25) is 0 Å². The normalized spacial score (nSPS) is 12.2. The number of aryl methyl sites for hydroxylation is 1. The molecule has 3 nitrogen and oxygen atoms in total. The van der Waals surface area contributed by atoms with Crippen molar-refractivity contribution in [3.63, 3.8) is 0 Å². The molecule has 4 heteroatoms. The van der Waals surface area contributed by atoms with E-state index in [0.717, 1.165) is 22.1 Å². The van der Waals surface area contributed by atoms with E-state index in [1.54, 1.807) is 0 Å². The van der Waals surface area contributed by atoms with Gasteiger partial charge >= 0.3 is 0 Å². The molecule has 0 aliphatic heterocycles. The highest BCUT2D eigenvalue weighted by atomic mass is 79.9. The number of carbonyl (C=O) groups is 1. The third-order valence-electron chi connectivity index (χ3n) is 2.41. The first kappa shape index (κ1) is 13.2. The first-order valence-electron chi connectivity index (χ1n) is 5.34. The zero-order valence-electron chi connectivity index (χ0n) is 9.59. The Labute approximate surface area is 105 Å². The summed E-state index contributed by atoms with van der Waals surface area (Å²) in [5.74, 6) is -0.0314. The summed E-state index contributed by atoms with van der Waals surface area (Å²) in [5.41, 5.74) is 7.62. The Morgan fingerprint density at radius 2 is 2.25 bits per heavy atom. The van der Waals surface area contributed by atoms with E-state index in [2.05, 4.69) is 21.2 Å². The van der Waals surface area contributed by atoms with E-state index in [9.17, 15) is 4.79 Å². The van der Waals surface area contributed by atoms with Gasteiger partial charge in [0, 0.05) is 22.6 Å². The summed E-state index contributed by atoms with van der Waals surface area (Å²) in [6, 6.07) is 5.66. The smallest absolute Gasteiger partial charge is 0.225 e. The SMILES string of the molecule is CCC(N)CC(=O)Nc1ccc(Br)c(C)c1. The minimum Gasteiger partial charge on any atom is -0.327 e. The van der Waals surface area contributed by atoms with Gasteiger partial charge in [0.05, 0.1) is 0 Å². The topological polar surface area (TPSA) is 55.1 Å². The monoisotopic (exact) mass is 284 g/mol. The van der Waals surface area contributed by atoms with E-state index in [4.69, 9.17) is 5.73 Å². The van der Waals surface area contributed by atoms with Crippen LogP contribution in [0.15, 0.2) is 22.7 Å². The standard InChI is InChI=1S/C12H17BrN2O/c1-3-9(14)7-12(16)15-10-4-5-11(13)8(2)6-10/h4-6,9H,3,7,14H2,1-2H3,(H,15,16). The molecule has 1 aromatic carbocycles. The molecule has 0 bridgehead atoms. The number of halogens is 1. The van der Waals surface area contributed by atoms with Crippen molar-refractivity contribution in [1.29, 1.82) is 0 Å². The van der Waals surface area contributed by atoms with Crippen LogP contribution < -0.4 is 11.1 Å². The Kier molecular flexibility index (Phi) is 4.96. The highest BCUT2D eigenvalue weighted by Crippen LogP contribution is 2.20. The molecule has 0 radical (unpaired) electrons. The lowest BCUT2D eigenvalue weighted by Gasteiger charge is -2.10. The highest BCUT2D eigenvalue weighted by molar-refractivity contribution is 9.10. The summed E-state index contributed by atoms with van der Waals surface area (Å²) in [6.45, 7) is 3.96. The van der Waals surface area contributed by atoms with Crippen LogP contribution in [0.5, 0.6) is 0 Å². The second kappa shape index (κ2) is 6.01. The van der Waals surface area contributed by atoms with Gasteiger partial charge in [-0.25, -0.2) is 0 Å². The molecule has 1 atom stereocenters. The van der Waals surface area contributed by atoms with E-state index in [1.807, 2.05) is 32.0 Å². The molecular formula is C12H17BrN2O. The molecule has 0 aliphatic rings. The average molecular weight is 285 g/mol. The molecule has 16 heavy (non-hydrogen) atoms. The fraction of sp³-hybridized carbons (Fsp3) is 0.417. The molecule has 0 aliphatic carbocycles. The number of nitrogens with two attached hydrogens (primary N) is 1. The van der Waals surface area contributed by atoms with Gasteiger partial charge < -0.3 is 11.1 Å². The Morgan fingerprint density at radius 3 is 2.81 bits per heavy atom. The van der Waals surface area contributed by atoms with Crippen LogP contribution in [-0.2, 0) is 4.79 Å². The quantitative estimate of drug-likeness (QED) is 0.893. The van der Waals surface area contributed by atoms with Crippen molar-refractivity contribution in [2.24, 2.45) is 5.73 Å². The summed E-state index contributed by atoms with van der Waals surface area (Å²) in [6.07, 6.45) is 1.18. The lowest BCUT2D eigenvalue weighted by atomic mass is 10.1. The minimum absolute atomic E-state index is 0.0314. The number of hydrogen-bond donors (Lipinski definition) is 2. The molecule has 1 aromatic rings. The van der Waals surface area contributed by atoms with E-state index < -0.39 is 0 Å². The Hall–Kier alpha value is -0.870. The summed E-state index contributed by atoms with van der Waals surface area (Å²) in [5, 5.41) is 2.84. The van der Waals surface area contributed by atoms with Crippen LogP contribution in [-0.4, -0.2) is 11.9 Å². The first-order valence-corrected chi connectivity index (χ1v) is 6.13. The molecule has 0 spiro atoms. The minimum atomic E-state index is -0.0588. The Balaban J connectivity index is 2.59. The molecular weight excluding hydrogens is 268 g/mol. The second-order valence-electron chi connectivity index (χ2n) is 3.88. The zero-order valence-corrected chi connectivity index (χ0v) is 11.2. The van der Waals surface area contributed by atoms with Crippen molar-refractivity contribution in [1.82, 2.24) is 0 Å². The summed E-state index contributed by atoms with van der Waals surface area (Å²) in [7, 11) is 0. The van der Waals surface area contributed by atoms with E-state index in [-0.39, 0.29) is 11.9 Å². The summed E-state index contributed by atoms with van der Waals surface area (Å²) >= 11 is 3.41. The largest absolute Gasteiger partial charge is 0.327 e. The number of nitrogens with one attached hydrogen (secondary N) is 1. The van der Waals surface area contributed by atoms with Gasteiger partial charge in [-0.3, -0.25) is 4.79 Å². The van der Waals surface area contributed by atoms with Gasteiger partial charge in [-0.2, -0.15) is 0 Å². The van der Waals surface area contributed by atoms with Crippen LogP contribution >= 0.6 is 15.9 Å². The number of carbonyl (C=O) groups excluding carboxylic acids is 1. The van der Waals surface area contributed by atoms with E-state index in [1.165, 1.54) is 0 Å². The summed E-state index contributed by atoms with van der Waals surface area (Å²) < 4.78 is 1.04. The predicted molar refractivity (Wildman–Crippen MR) is 70.4 cm³/mol. The average Bonchev–Trinajstić information content (AvgIpc) is 2.23. The molecule has 1 amide bonds. The Morgan fingerprint density at radius 1 is 1.56 bits per heavy atom. The molecule has 0 saturated heterocycles. The summed E-state index contributed by atoms with van der Waals surface area (Å²) in [4.78, 5) is 11.6. The fourth-order valence-corrected chi connectivity index (χ4v) is 1.56. The molecule has 1 unspecified atom stereocenters. The van der Waals surface area contributed by atoms with Crippen molar-refractivity contribution >= 4 is 27.5 Å². The third kappa shape index (κ3) is 3.94. The lowest BCUT2D eigenvalue weighted by Crippen LogP contribution is -2.26. The first-order chi connectivity index (χ1) is 7.52. The van der Waals surface area contributed by atoms with E-state index >= 15 is 0 Å². The van der Waals surface area contributed by atoms with Crippen LogP contribution in [0.3, 0.4) is 0 Å². The maximum absolute atomic E-state index is 11.6. The molecule has 3 N–H and O–H groups in total. The van der Waals surface area contributed by atoms with Crippen molar-refractivity contribution < 1.29 is 4.79 Å². The van der Waals surface area contributed by atoms with Gasteiger partial charge in [-0.1, -0.05) is 22.9 Å². The second-order valence-corrected chi connectivity index (χ2v) is 4.74. The van der Waals surface area contributed by atoms with Crippen molar-refractivity contribution in [2.75, 3.05) is 5.32 Å². The number of rotatable bonds is 4. The highest BCUT2D eigenvalue weighted by Gasteiger charge is 2.08. The van der Waals surface area contributed by atoms with Crippen molar-refractivity contribution in [3.8, 4) is 0 Å². The molecule has 0 saturated carbocycles. The van der Waals surface area contributed by atoms with Crippen LogP contribution in [0.1, 0.15) is 25.3 Å². The van der Waals surface area contributed by atoms with Crippen LogP contribution in [0.4, 0.5) is 5.69 Å². The van der Waals surface area contributed by atoms with Gasteiger partial charge in [0.15, 0.2) is 0 Å². The molecule has 0 aromatic heterocycles. The third-order valence-corrected chi connectivity index (χ3v) is 3.30. The maximum Gasteiger partial charge on any atom is 0.225 e. The van der Waals surface area contributed by atoms with Crippen molar-refractivity contribution in [2.45, 2.75) is 32.7 Å². The van der Waals surface area contributed by atoms with E-state index in [0.29, 0.717) is 6.42 Å². The molecule has 0 fully saturated rings. The van der Waals surface area contributed by atoms with Crippen LogP contribution in [0.25, 0.3) is 0 Å². The predicted octanol–water partition coefficient (Wildman–Crippen LogP) is 2.82. The fourth-order valence-electron chi connectivity index (χ4n) is 1.32. The maximum atomic E-state index is 11.6. The van der Waals surface area contributed by atoms with Gasteiger partial charge in [-0.15, -0.1) is 0 Å². The number of amides is 1. The molecule has 88 valence electrons. The number of anilines is 1. The van der Waals surface area contributed by atoms with Gasteiger partial charge in [-0.05, 0) is 37.1 Å². The lowest BCUT2D eigenvalue weighted by molar-refractivity contribution is -0.116. The molecule has 1 rings (SSSR count). The number of benzene rings is 1. The van der Waals surface area contributed by atoms with Crippen molar-refractivity contribution in [3.05, 3.63) is 28.2 Å². The number of hydrogen-bond acceptors (Lipinski definition) is 2. The zero-order chi connectivity index (χ0) is 12.1. The van der Waals surface area contributed by atoms with Crippen LogP contribution in [0, 0.1) is 6.92 Å². The molecule has 0 heterocycles. The van der Waals surface area contributed by atoms with Gasteiger partial charge in [0.25, 0.3) is 0 Å².